The second kappa shape index (κ2) is 13.4. The highest BCUT2D eigenvalue weighted by atomic mass is 35.5. The summed E-state index contributed by atoms with van der Waals surface area (Å²) in [6, 6.07) is 14.6. The van der Waals surface area contributed by atoms with E-state index >= 15 is 0 Å². The van der Waals surface area contributed by atoms with Gasteiger partial charge in [-0.25, -0.2) is 8.42 Å². The fourth-order valence-corrected chi connectivity index (χ4v) is 5.44. The Morgan fingerprint density at radius 1 is 1.00 bits per heavy atom. The van der Waals surface area contributed by atoms with E-state index in [1.807, 2.05) is 0 Å². The number of carbonyl (C=O) groups is 1. The summed E-state index contributed by atoms with van der Waals surface area (Å²) in [6.45, 7) is 0.324. The molecule has 0 aliphatic carbocycles. The molecule has 3 aromatic carbocycles. The molecule has 0 aromatic heterocycles. The Hall–Kier alpha value is -2.57. The van der Waals surface area contributed by atoms with Gasteiger partial charge in [0.15, 0.2) is 0 Å². The number of alkyl halides is 2. The van der Waals surface area contributed by atoms with Crippen molar-refractivity contribution < 1.29 is 41.1 Å². The number of rotatable bonds is 13. The zero-order valence-corrected chi connectivity index (χ0v) is 23.9. The molecule has 0 unspecified atom stereocenters. The van der Waals surface area contributed by atoms with Crippen LogP contribution in [0, 0.1) is 0 Å². The molecule has 0 saturated heterocycles. The number of hydrogen-bond acceptors (Lipinski definition) is 5. The van der Waals surface area contributed by atoms with Gasteiger partial charge in [-0.2, -0.15) is 13.5 Å². The second-order valence-corrected chi connectivity index (χ2v) is 12.7. The van der Waals surface area contributed by atoms with Crippen LogP contribution >= 0.6 is 30.8 Å². The molecule has 0 fully saturated rings. The minimum Gasteiger partial charge on any atom is -0.493 e. The Labute approximate surface area is 239 Å². The molecule has 9 nitrogen and oxygen atoms in total. The molecule has 216 valence electrons. The van der Waals surface area contributed by atoms with Gasteiger partial charge in [0.25, 0.3) is 0 Å². The van der Waals surface area contributed by atoms with Crippen molar-refractivity contribution in [3.8, 4) is 5.75 Å². The quantitative estimate of drug-likeness (QED) is 0.157. The number of benzene rings is 3. The Morgan fingerprint density at radius 3 is 2.25 bits per heavy atom. The molecule has 40 heavy (non-hydrogen) atoms. The van der Waals surface area contributed by atoms with E-state index in [4.69, 9.17) is 37.7 Å². The predicted molar refractivity (Wildman–Crippen MR) is 146 cm³/mol. The largest absolute Gasteiger partial charge is 0.493 e. The van der Waals surface area contributed by atoms with Gasteiger partial charge in [0, 0.05) is 18.2 Å². The lowest BCUT2D eigenvalue weighted by atomic mass is 10.0. The molecule has 4 N–H and O–H groups in total. The smallest absolute Gasteiger partial charge is 0.399 e. The van der Waals surface area contributed by atoms with Gasteiger partial charge in [-0.3, -0.25) is 9.36 Å². The van der Waals surface area contributed by atoms with Gasteiger partial charge in [0.1, 0.15) is 11.8 Å². The summed E-state index contributed by atoms with van der Waals surface area (Å²) in [7, 11) is -9.90. The highest BCUT2D eigenvalue weighted by Crippen LogP contribution is 2.59. The maximum atomic E-state index is 14.0. The first-order valence-electron chi connectivity index (χ1n) is 11.7. The summed E-state index contributed by atoms with van der Waals surface area (Å²) < 4.78 is 72.8. The summed E-state index contributed by atoms with van der Waals surface area (Å²) in [4.78, 5) is 30.8. The van der Waals surface area contributed by atoms with Crippen LogP contribution in [0.3, 0.4) is 0 Å². The summed E-state index contributed by atoms with van der Waals surface area (Å²) in [5.41, 5.74) is -5.06. The number of hydrogen-bond donors (Lipinski definition) is 4. The van der Waals surface area contributed by atoms with Crippen molar-refractivity contribution in [2.24, 2.45) is 0 Å². The van der Waals surface area contributed by atoms with Crippen LogP contribution in [0.2, 0.25) is 10.0 Å². The lowest BCUT2D eigenvalue weighted by molar-refractivity contribution is -0.122. The zero-order valence-electron chi connectivity index (χ0n) is 20.6. The topological polar surface area (TPSA) is 142 Å². The van der Waals surface area contributed by atoms with Gasteiger partial charge in [-0.1, -0.05) is 65.7 Å². The molecule has 0 radical (unpaired) electrons. The van der Waals surface area contributed by atoms with Crippen molar-refractivity contribution in [3.63, 3.8) is 0 Å². The highest BCUT2D eigenvalue weighted by molar-refractivity contribution is 7.89. The fourth-order valence-electron chi connectivity index (χ4n) is 3.45. The predicted octanol–water partition coefficient (Wildman–Crippen LogP) is 4.70. The van der Waals surface area contributed by atoms with E-state index in [-0.39, 0.29) is 30.0 Å². The number of halogens is 4. The molecule has 15 heteroatoms. The minimum atomic E-state index is -5.77. The molecule has 0 aliphatic rings. The van der Waals surface area contributed by atoms with E-state index in [9.17, 15) is 26.6 Å². The normalized spacial score (nSPS) is 13.1. The number of sulfonamides is 1. The molecule has 0 spiro atoms. The number of carbonyl (C=O) groups excluding carboxylic acids is 1. The van der Waals surface area contributed by atoms with Gasteiger partial charge < -0.3 is 19.8 Å². The van der Waals surface area contributed by atoms with Crippen molar-refractivity contribution in [1.29, 1.82) is 0 Å². The molecule has 0 bridgehead atoms. The highest BCUT2D eigenvalue weighted by Gasteiger charge is 2.50. The first kappa shape index (κ1) is 32.0. The van der Waals surface area contributed by atoms with Gasteiger partial charge in [-0.15, -0.1) is 0 Å². The lowest BCUT2D eigenvalue weighted by Gasteiger charge is -2.20. The van der Waals surface area contributed by atoms with Crippen molar-refractivity contribution in [2.75, 3.05) is 13.2 Å². The van der Waals surface area contributed by atoms with Gasteiger partial charge in [0.05, 0.1) is 21.5 Å². The van der Waals surface area contributed by atoms with Crippen molar-refractivity contribution in [1.82, 2.24) is 10.0 Å². The first-order chi connectivity index (χ1) is 18.7. The van der Waals surface area contributed by atoms with Crippen LogP contribution < -0.4 is 14.8 Å². The second-order valence-electron chi connectivity index (χ2n) is 8.54. The Kier molecular flexibility index (Phi) is 10.7. The third kappa shape index (κ3) is 8.47. The molecular formula is C25H25Cl2F2N2O7PS. The minimum absolute atomic E-state index is 0.0838. The average molecular weight is 637 g/mol. The first-order valence-corrected chi connectivity index (χ1v) is 15.5. The third-order valence-electron chi connectivity index (χ3n) is 5.55. The van der Waals surface area contributed by atoms with E-state index in [1.54, 1.807) is 18.2 Å². The van der Waals surface area contributed by atoms with Gasteiger partial charge in [-0.05, 0) is 42.7 Å². The summed E-state index contributed by atoms with van der Waals surface area (Å²) in [5, 5.41) is 3.31. The molecule has 3 rings (SSSR count). The van der Waals surface area contributed by atoms with Crippen LogP contribution in [-0.2, 0) is 31.5 Å². The molecule has 0 saturated carbocycles. The Morgan fingerprint density at radius 2 is 1.65 bits per heavy atom. The molecule has 0 heterocycles. The monoisotopic (exact) mass is 636 g/mol. The molecule has 0 aliphatic heterocycles. The van der Waals surface area contributed by atoms with Crippen LogP contribution in [0.1, 0.15) is 17.5 Å². The SMILES string of the molecule is O=C(NCCCOc1ccc(Cl)c(Cl)c1)[C@H](Cc1ccc(C(F)(F)P(=O)(O)O)cc1)NS(=O)(=O)c1ccccc1. The number of ether oxygens (including phenoxy) is 1. The maximum absolute atomic E-state index is 14.0. The Bertz CT molecular complexity index is 1470. The fraction of sp³-hybridized carbons (Fsp3) is 0.240. The van der Waals surface area contributed by atoms with Crippen LogP contribution in [0.15, 0.2) is 77.7 Å². The van der Waals surface area contributed by atoms with Gasteiger partial charge >= 0.3 is 13.3 Å². The lowest BCUT2D eigenvalue weighted by Crippen LogP contribution is -2.48. The summed E-state index contributed by atoms with van der Waals surface area (Å²) >= 11 is 11.8. The van der Waals surface area contributed by atoms with E-state index in [0.29, 0.717) is 22.2 Å². The summed E-state index contributed by atoms with van der Waals surface area (Å²) in [5.74, 6) is -0.208. The third-order valence-corrected chi connectivity index (χ3v) is 8.77. The standard InChI is InChI=1S/C25H25Cl2F2N2O7PS/c26-21-12-11-19(16-22(21)27)38-14-4-13-30-24(32)23(31-40(36,37)20-5-2-1-3-6-20)15-17-7-9-18(10-8-17)25(28,29)39(33,34)35/h1-3,5-12,16,23,31H,4,13-15H2,(H,30,32)(H2,33,34,35)/t23-/m0/s1. The molecule has 1 atom stereocenters. The number of amides is 1. The van der Waals surface area contributed by atoms with Crippen LogP contribution in [0.5, 0.6) is 5.75 Å². The van der Waals surface area contributed by atoms with Crippen molar-refractivity contribution >= 4 is 46.7 Å². The average Bonchev–Trinajstić information content (AvgIpc) is 2.90. The van der Waals surface area contributed by atoms with Gasteiger partial charge in [0.2, 0.25) is 15.9 Å². The van der Waals surface area contributed by atoms with Crippen molar-refractivity contribution in [3.05, 3.63) is 94.0 Å². The van der Waals surface area contributed by atoms with Crippen LogP contribution in [0.25, 0.3) is 0 Å². The molecule has 3 aromatic rings. The maximum Gasteiger partial charge on any atom is 0.399 e. The summed E-state index contributed by atoms with van der Waals surface area (Å²) in [6.07, 6.45) is 0.121. The Balaban J connectivity index is 1.69. The van der Waals surface area contributed by atoms with Crippen LogP contribution in [0.4, 0.5) is 8.78 Å². The molecular weight excluding hydrogens is 612 g/mol. The van der Waals surface area contributed by atoms with E-state index in [0.717, 1.165) is 24.3 Å². The zero-order chi connectivity index (χ0) is 29.6. The number of nitrogens with one attached hydrogen (secondary N) is 2. The van der Waals surface area contributed by atoms with Crippen molar-refractivity contribution in [2.45, 2.75) is 29.4 Å². The van der Waals surface area contributed by atoms with E-state index < -0.39 is 40.8 Å². The molecule has 1 amide bonds. The van der Waals surface area contributed by atoms with Crippen LogP contribution in [-0.4, -0.2) is 43.3 Å². The van der Waals surface area contributed by atoms with E-state index in [1.165, 1.54) is 30.3 Å². The van der Waals surface area contributed by atoms with E-state index in [2.05, 4.69) is 10.0 Å².